The predicted molar refractivity (Wildman–Crippen MR) is 62.1 cm³/mol. The van der Waals surface area contributed by atoms with Crippen LogP contribution in [-0.4, -0.2) is 12.1 Å². The molecule has 0 aliphatic heterocycles. The van der Waals surface area contributed by atoms with Gasteiger partial charge in [0.05, 0.1) is 5.56 Å². The van der Waals surface area contributed by atoms with Crippen molar-refractivity contribution >= 4 is 0 Å². The van der Waals surface area contributed by atoms with Crippen LogP contribution in [0.25, 0.3) is 0 Å². The molecule has 0 amide bonds. The van der Waals surface area contributed by atoms with Gasteiger partial charge in [-0.3, -0.25) is 0 Å². The van der Waals surface area contributed by atoms with Gasteiger partial charge < -0.3 is 10.5 Å². The highest BCUT2D eigenvalue weighted by molar-refractivity contribution is 5.45. The highest BCUT2D eigenvalue weighted by Crippen LogP contribution is 2.26. The van der Waals surface area contributed by atoms with Gasteiger partial charge >= 0.3 is 0 Å². The fourth-order valence-corrected chi connectivity index (χ4v) is 2.09. The Hall–Kier alpha value is -1.53. The Kier molecular flexibility index (Phi) is 3.12. The van der Waals surface area contributed by atoms with Gasteiger partial charge in [-0.25, -0.2) is 0 Å². The summed E-state index contributed by atoms with van der Waals surface area (Å²) in [6.07, 6.45) is 3.06. The number of ether oxygens (including phenoxy) is 1. The van der Waals surface area contributed by atoms with E-state index in [0.29, 0.717) is 11.3 Å². The molecule has 2 rings (SSSR count). The minimum absolute atomic E-state index is 0.171. The van der Waals surface area contributed by atoms with Crippen LogP contribution in [0.3, 0.4) is 0 Å². The Morgan fingerprint density at radius 2 is 2.25 bits per heavy atom. The molecule has 0 bridgehead atoms. The quantitative estimate of drug-likeness (QED) is 0.823. The lowest BCUT2D eigenvalue weighted by atomic mass is 10.1. The molecule has 1 saturated carbocycles. The molecule has 1 aromatic rings. The fraction of sp³-hybridized carbons (Fsp3) is 0.462. The molecule has 0 radical (unpaired) electrons. The number of benzene rings is 1. The zero-order chi connectivity index (χ0) is 11.5. The third-order valence-electron chi connectivity index (χ3n) is 2.97. The predicted octanol–water partition coefficient (Wildman–Crippen LogP) is 2.13. The van der Waals surface area contributed by atoms with E-state index < -0.39 is 0 Å². The van der Waals surface area contributed by atoms with Crippen LogP contribution in [0.4, 0.5) is 0 Å². The van der Waals surface area contributed by atoms with Gasteiger partial charge in [0, 0.05) is 6.04 Å². The number of hydrogen-bond acceptors (Lipinski definition) is 3. The summed E-state index contributed by atoms with van der Waals surface area (Å²) in [5.41, 5.74) is 7.52. The molecule has 1 aliphatic rings. The van der Waals surface area contributed by atoms with Gasteiger partial charge in [0.25, 0.3) is 0 Å². The molecule has 0 aromatic heterocycles. The lowest BCUT2D eigenvalue weighted by Crippen LogP contribution is -2.19. The van der Waals surface area contributed by atoms with Gasteiger partial charge in [0.15, 0.2) is 0 Å². The van der Waals surface area contributed by atoms with Crippen LogP contribution in [0.15, 0.2) is 18.2 Å². The van der Waals surface area contributed by atoms with Gasteiger partial charge in [-0.05, 0) is 43.9 Å². The molecule has 1 fully saturated rings. The number of nitrogens with two attached hydrogens (primary N) is 1. The van der Waals surface area contributed by atoms with Crippen LogP contribution in [0, 0.1) is 18.3 Å². The van der Waals surface area contributed by atoms with E-state index in [2.05, 4.69) is 6.07 Å². The van der Waals surface area contributed by atoms with Crippen LogP contribution in [-0.2, 0) is 0 Å². The van der Waals surface area contributed by atoms with Crippen molar-refractivity contribution in [2.24, 2.45) is 5.73 Å². The van der Waals surface area contributed by atoms with Gasteiger partial charge in [-0.2, -0.15) is 5.26 Å². The van der Waals surface area contributed by atoms with E-state index in [4.69, 9.17) is 15.7 Å². The summed E-state index contributed by atoms with van der Waals surface area (Å²) in [6, 6.07) is 8.10. The topological polar surface area (TPSA) is 59.0 Å². The lowest BCUT2D eigenvalue weighted by molar-refractivity contribution is 0.207. The van der Waals surface area contributed by atoms with E-state index in [0.717, 1.165) is 24.8 Å². The number of hydrogen-bond donors (Lipinski definition) is 1. The van der Waals surface area contributed by atoms with Crippen LogP contribution < -0.4 is 10.5 Å². The Labute approximate surface area is 95.8 Å². The molecule has 0 spiro atoms. The summed E-state index contributed by atoms with van der Waals surface area (Å²) in [5, 5.41) is 9.01. The third kappa shape index (κ3) is 2.34. The summed E-state index contributed by atoms with van der Waals surface area (Å²) in [5.74, 6) is 0.687. The minimum atomic E-state index is 0.171. The number of aryl methyl sites for hydroxylation is 1. The molecule has 1 aromatic carbocycles. The largest absolute Gasteiger partial charge is 0.489 e. The van der Waals surface area contributed by atoms with Crippen molar-refractivity contribution < 1.29 is 4.74 Å². The van der Waals surface area contributed by atoms with E-state index in [1.807, 2.05) is 25.1 Å². The first kappa shape index (κ1) is 11.0. The van der Waals surface area contributed by atoms with Crippen LogP contribution in [0.5, 0.6) is 5.75 Å². The van der Waals surface area contributed by atoms with Crippen molar-refractivity contribution in [2.75, 3.05) is 0 Å². The summed E-state index contributed by atoms with van der Waals surface area (Å²) in [4.78, 5) is 0. The second-order valence-corrected chi connectivity index (χ2v) is 4.42. The van der Waals surface area contributed by atoms with Crippen molar-refractivity contribution in [1.82, 2.24) is 0 Å². The number of nitriles is 1. The van der Waals surface area contributed by atoms with Crippen molar-refractivity contribution in [1.29, 1.82) is 5.26 Å². The average Bonchev–Trinajstić information content (AvgIpc) is 2.67. The van der Waals surface area contributed by atoms with Gasteiger partial charge in [0.2, 0.25) is 0 Å². The summed E-state index contributed by atoms with van der Waals surface area (Å²) in [7, 11) is 0. The highest BCUT2D eigenvalue weighted by Gasteiger charge is 2.23. The van der Waals surface area contributed by atoms with E-state index >= 15 is 0 Å². The minimum Gasteiger partial charge on any atom is -0.489 e. The smallest absolute Gasteiger partial charge is 0.137 e. The van der Waals surface area contributed by atoms with Crippen LogP contribution >= 0.6 is 0 Å². The van der Waals surface area contributed by atoms with Crippen molar-refractivity contribution in [3.63, 3.8) is 0 Å². The van der Waals surface area contributed by atoms with Crippen molar-refractivity contribution in [3.8, 4) is 11.8 Å². The van der Waals surface area contributed by atoms with E-state index in [1.54, 1.807) is 0 Å². The molecule has 84 valence electrons. The maximum absolute atomic E-state index is 9.01. The SMILES string of the molecule is Cc1ccc(OC2CCC(N)C2)c(C#N)c1. The molecular weight excluding hydrogens is 200 g/mol. The average molecular weight is 216 g/mol. The van der Waals surface area contributed by atoms with Gasteiger partial charge in [-0.1, -0.05) is 6.07 Å². The summed E-state index contributed by atoms with van der Waals surface area (Å²) < 4.78 is 5.82. The molecular formula is C13H16N2O. The Morgan fingerprint density at radius 1 is 1.44 bits per heavy atom. The standard InChI is InChI=1S/C13H16N2O/c1-9-2-5-13(10(6-9)8-14)16-12-4-3-11(15)7-12/h2,5-6,11-12H,3-4,7,15H2,1H3. The monoisotopic (exact) mass is 216 g/mol. The first-order chi connectivity index (χ1) is 7.69. The zero-order valence-electron chi connectivity index (χ0n) is 9.44. The first-order valence-corrected chi connectivity index (χ1v) is 5.62. The molecule has 0 heterocycles. The van der Waals surface area contributed by atoms with E-state index in [1.165, 1.54) is 0 Å². The second-order valence-electron chi connectivity index (χ2n) is 4.42. The van der Waals surface area contributed by atoms with Crippen molar-refractivity contribution in [3.05, 3.63) is 29.3 Å². The normalized spacial score (nSPS) is 24.1. The first-order valence-electron chi connectivity index (χ1n) is 5.62. The zero-order valence-corrected chi connectivity index (χ0v) is 9.44. The van der Waals surface area contributed by atoms with E-state index in [-0.39, 0.29) is 12.1 Å². The van der Waals surface area contributed by atoms with Crippen LogP contribution in [0.1, 0.15) is 30.4 Å². The molecule has 16 heavy (non-hydrogen) atoms. The Balaban J connectivity index is 2.12. The maximum atomic E-state index is 9.01. The Bertz CT molecular complexity index is 422. The molecule has 2 atom stereocenters. The molecule has 2 unspecified atom stereocenters. The lowest BCUT2D eigenvalue weighted by Gasteiger charge is -2.14. The number of nitrogens with zero attached hydrogens (tertiary/aromatic N) is 1. The summed E-state index contributed by atoms with van der Waals surface area (Å²) >= 11 is 0. The Morgan fingerprint density at radius 3 is 2.88 bits per heavy atom. The molecule has 3 heteroatoms. The maximum Gasteiger partial charge on any atom is 0.137 e. The van der Waals surface area contributed by atoms with E-state index in [9.17, 15) is 0 Å². The summed E-state index contributed by atoms with van der Waals surface area (Å²) in [6.45, 7) is 1.97. The molecule has 2 N–H and O–H groups in total. The van der Waals surface area contributed by atoms with Gasteiger partial charge in [0.1, 0.15) is 17.9 Å². The number of rotatable bonds is 2. The van der Waals surface area contributed by atoms with Gasteiger partial charge in [-0.15, -0.1) is 0 Å². The molecule has 3 nitrogen and oxygen atoms in total. The fourth-order valence-electron chi connectivity index (χ4n) is 2.09. The molecule has 0 saturated heterocycles. The second kappa shape index (κ2) is 4.54. The highest BCUT2D eigenvalue weighted by atomic mass is 16.5. The molecule has 1 aliphatic carbocycles. The van der Waals surface area contributed by atoms with Crippen molar-refractivity contribution in [2.45, 2.75) is 38.3 Å². The van der Waals surface area contributed by atoms with Crippen LogP contribution in [0.2, 0.25) is 0 Å². The third-order valence-corrected chi connectivity index (χ3v) is 2.97.